The van der Waals surface area contributed by atoms with E-state index in [0.717, 1.165) is 18.7 Å². The summed E-state index contributed by atoms with van der Waals surface area (Å²) in [5.74, 6) is -7.10. The zero-order chi connectivity index (χ0) is 43.5. The number of methoxy groups -OCH3 is 1. The van der Waals surface area contributed by atoms with Gasteiger partial charge in [0.05, 0.1) is 23.4 Å². The summed E-state index contributed by atoms with van der Waals surface area (Å²) in [7, 11) is -2.63. The summed E-state index contributed by atoms with van der Waals surface area (Å²) in [5, 5.41) is 14.9. The van der Waals surface area contributed by atoms with E-state index in [2.05, 4.69) is 15.0 Å². The van der Waals surface area contributed by atoms with Gasteiger partial charge >= 0.3 is 6.09 Å². The van der Waals surface area contributed by atoms with E-state index in [1.165, 1.54) is 20.2 Å². The Morgan fingerprint density at radius 2 is 1.88 bits per heavy atom. The minimum Gasteiger partial charge on any atom is -0.495 e. The lowest BCUT2D eigenvalue weighted by Crippen LogP contribution is -2.67. The van der Waals surface area contributed by atoms with Crippen LogP contribution in [-0.2, 0) is 24.4 Å². The molecule has 4 aliphatic rings. The van der Waals surface area contributed by atoms with Crippen LogP contribution in [0.25, 0.3) is 10.8 Å². The molecule has 1 aromatic carbocycles. The van der Waals surface area contributed by atoms with Crippen molar-refractivity contribution in [1.29, 1.82) is 0 Å². The molecule has 0 bridgehead atoms. The Morgan fingerprint density at radius 3 is 2.49 bits per heavy atom. The molecule has 59 heavy (non-hydrogen) atoms. The highest BCUT2D eigenvalue weighted by Crippen LogP contribution is 2.48. The Morgan fingerprint density at radius 1 is 1.19 bits per heavy atom. The number of alkyl halides is 2. The SMILES string of the molecule is CC[C@@H]1C[C@H](C)CC/C=C\[C@@H]2C[C@@]2(C(=O)NS(=O)(=O)C2(C)CC2)NC(=O)[C@@H]2C[C@@H](Oc3nccc4cc(OC)c(Cl)cc34)CN2C(=O)[C@H]1N(C(=O)O)C(C)(C)C(C)(F)F. The lowest BCUT2D eigenvalue weighted by atomic mass is 9.81. The molecule has 4 amide bonds. The van der Waals surface area contributed by atoms with Gasteiger partial charge < -0.3 is 24.8 Å². The van der Waals surface area contributed by atoms with Crippen molar-refractivity contribution >= 4 is 56.2 Å². The maximum Gasteiger partial charge on any atom is 0.408 e. The second-order valence-corrected chi connectivity index (χ2v) is 20.1. The molecule has 1 aromatic heterocycles. The van der Waals surface area contributed by atoms with Crippen molar-refractivity contribution in [3.05, 3.63) is 41.6 Å². The van der Waals surface area contributed by atoms with Crippen LogP contribution in [0.5, 0.6) is 11.6 Å². The number of aromatic nitrogens is 1. The van der Waals surface area contributed by atoms with Gasteiger partial charge in [-0.05, 0) is 94.7 Å². The molecular weight excluding hydrogens is 812 g/mol. The van der Waals surface area contributed by atoms with Gasteiger partial charge in [0.25, 0.3) is 11.8 Å². The third-order valence-corrected chi connectivity index (χ3v) is 15.5. The Bertz CT molecular complexity index is 2150. The van der Waals surface area contributed by atoms with E-state index in [-0.39, 0.29) is 42.6 Å². The molecule has 2 aromatic rings. The number of pyridine rings is 1. The fourth-order valence-electron chi connectivity index (χ4n) is 8.40. The molecule has 0 radical (unpaired) electrons. The normalized spacial score (nSPS) is 29.2. The maximum absolute atomic E-state index is 15.5. The molecule has 0 spiro atoms. The highest BCUT2D eigenvalue weighted by atomic mass is 35.5. The standard InChI is InChI=1S/C41H54ClF2N5O9S/c1-8-24-17-23(2)11-9-10-12-26-21-41(26,36(52)47-59(55,56)39(5)14-15-39)46-33(50)30-19-27(58-34-28-20-29(42)31(57-7)18-25(28)13-16-45-34)22-48(30)35(51)32(24)49(37(53)54)38(3,4)40(6,43)44/h10,12-13,16,18,20,23-24,26-27,30,32H,8-9,11,14-15,17,19,21-22H2,1-7H3,(H,46,50)(H,47,52)(H,53,54)/b12-10-/t23-,24-,26-,27-,30+,32+,41-/m1/s1. The Balaban J connectivity index is 1.44. The van der Waals surface area contributed by atoms with Crippen LogP contribution in [0.2, 0.25) is 5.02 Å². The van der Waals surface area contributed by atoms with Crippen LogP contribution in [0.3, 0.4) is 0 Å². The number of hydrogen-bond donors (Lipinski definition) is 3. The molecule has 3 fully saturated rings. The van der Waals surface area contributed by atoms with Gasteiger partial charge in [0.15, 0.2) is 0 Å². The van der Waals surface area contributed by atoms with Gasteiger partial charge in [0.1, 0.15) is 35.0 Å². The summed E-state index contributed by atoms with van der Waals surface area (Å²) >= 11 is 6.46. The van der Waals surface area contributed by atoms with Crippen molar-refractivity contribution in [1.82, 2.24) is 24.8 Å². The number of carbonyl (C=O) groups is 4. The van der Waals surface area contributed by atoms with E-state index in [9.17, 15) is 27.9 Å². The minimum absolute atomic E-state index is 0.0840. The van der Waals surface area contributed by atoms with Crippen LogP contribution in [0.15, 0.2) is 36.5 Å². The van der Waals surface area contributed by atoms with Gasteiger partial charge in [0.2, 0.25) is 27.7 Å². The molecular formula is C41H54ClF2N5O9S. The molecule has 14 nitrogen and oxygen atoms in total. The number of fused-ring (bicyclic) bond motifs is 3. The second kappa shape index (κ2) is 16.0. The van der Waals surface area contributed by atoms with Crippen LogP contribution >= 0.6 is 11.6 Å². The lowest BCUT2D eigenvalue weighted by Gasteiger charge is -2.47. The van der Waals surface area contributed by atoms with Gasteiger partial charge in [0, 0.05) is 30.8 Å². The number of halogens is 3. The fraction of sp³-hybridized carbons (Fsp3) is 0.634. The molecule has 2 saturated carbocycles. The van der Waals surface area contributed by atoms with E-state index in [4.69, 9.17) is 21.1 Å². The fourth-order valence-corrected chi connectivity index (χ4v) is 9.95. The minimum atomic E-state index is -4.10. The van der Waals surface area contributed by atoms with E-state index in [0.29, 0.717) is 60.4 Å². The Hall–Kier alpha value is -4.25. The van der Waals surface area contributed by atoms with Crippen LogP contribution < -0.4 is 19.5 Å². The summed E-state index contributed by atoms with van der Waals surface area (Å²) in [6, 6.07) is 1.95. The summed E-state index contributed by atoms with van der Waals surface area (Å²) in [4.78, 5) is 63.2. The molecule has 3 N–H and O–H groups in total. The highest BCUT2D eigenvalue weighted by Gasteiger charge is 2.63. The number of carboxylic acid groups (broad SMARTS) is 1. The highest BCUT2D eigenvalue weighted by molar-refractivity contribution is 7.91. The average molecular weight is 866 g/mol. The molecule has 6 rings (SSSR count). The van der Waals surface area contributed by atoms with E-state index in [1.54, 1.807) is 31.2 Å². The van der Waals surface area contributed by atoms with E-state index in [1.807, 2.05) is 13.0 Å². The first-order chi connectivity index (χ1) is 27.5. The third-order valence-electron chi connectivity index (χ3n) is 13.0. The van der Waals surface area contributed by atoms with Crippen molar-refractivity contribution in [2.45, 2.75) is 133 Å². The van der Waals surface area contributed by atoms with Crippen molar-refractivity contribution in [2.75, 3.05) is 13.7 Å². The predicted molar refractivity (Wildman–Crippen MR) is 216 cm³/mol. The Labute approximate surface area is 348 Å². The number of hydrogen-bond acceptors (Lipinski definition) is 9. The number of nitrogens with zero attached hydrogens (tertiary/aromatic N) is 3. The summed E-state index contributed by atoms with van der Waals surface area (Å²) < 4.78 is 70.3. The van der Waals surface area contributed by atoms with Crippen molar-refractivity contribution < 1.29 is 51.0 Å². The predicted octanol–water partition coefficient (Wildman–Crippen LogP) is 6.30. The largest absolute Gasteiger partial charge is 0.495 e. The summed E-state index contributed by atoms with van der Waals surface area (Å²) in [5.41, 5.74) is -4.06. The monoisotopic (exact) mass is 865 g/mol. The molecule has 3 heterocycles. The quantitative estimate of drug-likeness (QED) is 0.229. The maximum atomic E-state index is 15.5. The van der Waals surface area contributed by atoms with E-state index >= 15 is 13.6 Å². The second-order valence-electron chi connectivity index (χ2n) is 17.5. The van der Waals surface area contributed by atoms with Crippen LogP contribution in [-0.4, -0.2) is 106 Å². The summed E-state index contributed by atoms with van der Waals surface area (Å²) in [6.07, 6.45) is 4.77. The zero-order valence-electron chi connectivity index (χ0n) is 34.4. The van der Waals surface area contributed by atoms with Gasteiger partial charge in [-0.2, -0.15) is 0 Å². The molecule has 324 valence electrons. The molecule has 7 atom stereocenters. The number of carbonyl (C=O) groups excluding carboxylic acids is 3. The van der Waals surface area contributed by atoms with Crippen molar-refractivity contribution in [3.63, 3.8) is 0 Å². The molecule has 18 heteroatoms. The molecule has 1 saturated heterocycles. The lowest BCUT2D eigenvalue weighted by molar-refractivity contribution is -0.157. The van der Waals surface area contributed by atoms with Crippen LogP contribution in [0, 0.1) is 17.8 Å². The van der Waals surface area contributed by atoms with Gasteiger partial charge in [-0.25, -0.2) is 27.0 Å². The van der Waals surface area contributed by atoms with Crippen LogP contribution in [0.1, 0.15) is 92.9 Å². The van der Waals surface area contributed by atoms with Crippen molar-refractivity contribution in [3.8, 4) is 11.6 Å². The van der Waals surface area contributed by atoms with Crippen molar-refractivity contribution in [2.24, 2.45) is 17.8 Å². The summed E-state index contributed by atoms with van der Waals surface area (Å²) in [6.45, 7) is 7.70. The smallest absolute Gasteiger partial charge is 0.408 e. The van der Waals surface area contributed by atoms with Gasteiger partial charge in [-0.15, -0.1) is 0 Å². The topological polar surface area (TPSA) is 185 Å². The number of rotatable bonds is 10. The molecule has 2 aliphatic heterocycles. The molecule has 0 unspecified atom stereocenters. The van der Waals surface area contributed by atoms with E-state index < -0.39 is 85.6 Å². The van der Waals surface area contributed by atoms with Gasteiger partial charge in [-0.3, -0.25) is 24.0 Å². The number of ether oxygens (including phenoxy) is 2. The Kier molecular flexibility index (Phi) is 12.0. The third kappa shape index (κ3) is 8.42. The molecule has 2 aliphatic carbocycles. The first-order valence-corrected chi connectivity index (χ1v) is 21.9. The first-order valence-electron chi connectivity index (χ1n) is 20.0. The first kappa shape index (κ1) is 44.3. The van der Waals surface area contributed by atoms with Crippen LogP contribution in [0.4, 0.5) is 13.6 Å². The number of allylic oxidation sites excluding steroid dienone is 1. The van der Waals surface area contributed by atoms with Gasteiger partial charge in [-0.1, -0.05) is 44.0 Å². The number of nitrogens with one attached hydrogen (secondary N) is 2. The number of amides is 4. The number of sulfonamides is 1. The zero-order valence-corrected chi connectivity index (χ0v) is 36.0. The number of benzene rings is 1. The average Bonchev–Trinajstić information content (AvgIpc) is 4.03.